The molecule has 0 radical (unpaired) electrons. The summed E-state index contributed by atoms with van der Waals surface area (Å²) in [5.41, 5.74) is 0.688. The van der Waals surface area contributed by atoms with Crippen LogP contribution < -0.4 is 0 Å². The molecule has 0 spiro atoms. The van der Waals surface area contributed by atoms with Gasteiger partial charge in [-0.25, -0.2) is 0 Å². The minimum absolute atomic E-state index is 0.0572. The number of hydrogen-bond acceptors (Lipinski definition) is 2. The zero-order valence-electron chi connectivity index (χ0n) is 9.36. The van der Waals surface area contributed by atoms with Gasteiger partial charge in [-0.05, 0) is 12.8 Å². The molecule has 0 aromatic heterocycles. The first-order valence-electron chi connectivity index (χ1n) is 5.45. The average Bonchev–Trinajstić information content (AvgIpc) is 2.34. The van der Waals surface area contributed by atoms with Crippen molar-refractivity contribution >= 4 is 34.8 Å². The number of amides is 1. The minimum atomic E-state index is 0.0572. The van der Waals surface area contributed by atoms with E-state index in [1.54, 1.807) is 12.4 Å². The minimum Gasteiger partial charge on any atom is -0.298 e. The third-order valence-corrected chi connectivity index (χ3v) is 3.35. The number of hydrogen-bond donors (Lipinski definition) is 0. The maximum absolute atomic E-state index is 11.7. The van der Waals surface area contributed by atoms with Crippen molar-refractivity contribution in [3.8, 4) is 0 Å². The molecule has 0 aromatic rings. The van der Waals surface area contributed by atoms with Crippen LogP contribution >= 0.6 is 22.6 Å². The molecule has 0 saturated heterocycles. The fourth-order valence-corrected chi connectivity index (χ4v) is 1.98. The van der Waals surface area contributed by atoms with Gasteiger partial charge >= 0.3 is 0 Å². The van der Waals surface area contributed by atoms with E-state index in [0.717, 1.165) is 23.6 Å². The van der Waals surface area contributed by atoms with Crippen LogP contribution in [0.3, 0.4) is 0 Å². The molecule has 1 atom stereocenters. The van der Waals surface area contributed by atoms with E-state index in [1.165, 1.54) is 4.90 Å². The molecule has 88 valence electrons. The largest absolute Gasteiger partial charge is 0.298 e. The summed E-state index contributed by atoms with van der Waals surface area (Å²) in [6.45, 7) is 2.03. The number of carbonyl (C=O) groups excluding carboxylic acids is 2. The average molecular weight is 333 g/mol. The zero-order chi connectivity index (χ0) is 12.0. The summed E-state index contributed by atoms with van der Waals surface area (Å²) in [5.74, 6) is 0.216. The van der Waals surface area contributed by atoms with Gasteiger partial charge in [0.2, 0.25) is 5.91 Å². The van der Waals surface area contributed by atoms with Gasteiger partial charge in [-0.3, -0.25) is 14.5 Å². The SMILES string of the molecule is CC[C@@H]1C=CN(C(=O)CCCI)C=C1C=O. The van der Waals surface area contributed by atoms with E-state index in [-0.39, 0.29) is 11.8 Å². The second kappa shape index (κ2) is 6.83. The molecule has 16 heavy (non-hydrogen) atoms. The highest BCUT2D eigenvalue weighted by atomic mass is 127. The molecule has 0 N–H and O–H groups in total. The Morgan fingerprint density at radius 1 is 1.62 bits per heavy atom. The highest BCUT2D eigenvalue weighted by Crippen LogP contribution is 2.21. The molecular formula is C12H16INO2. The fraction of sp³-hybridized carbons (Fsp3) is 0.500. The molecule has 0 aliphatic carbocycles. The number of halogens is 1. The van der Waals surface area contributed by atoms with Gasteiger partial charge in [0.15, 0.2) is 0 Å². The molecule has 0 aromatic carbocycles. The van der Waals surface area contributed by atoms with Gasteiger partial charge in [-0.1, -0.05) is 35.6 Å². The van der Waals surface area contributed by atoms with Crippen molar-refractivity contribution in [3.63, 3.8) is 0 Å². The van der Waals surface area contributed by atoms with E-state index >= 15 is 0 Å². The number of carbonyl (C=O) groups is 2. The molecular weight excluding hydrogens is 317 g/mol. The Bertz CT molecular complexity index is 323. The highest BCUT2D eigenvalue weighted by Gasteiger charge is 2.17. The Morgan fingerprint density at radius 3 is 2.94 bits per heavy atom. The number of allylic oxidation sites excluding steroid dienone is 2. The molecule has 0 bridgehead atoms. The molecule has 0 fully saturated rings. The van der Waals surface area contributed by atoms with Crippen molar-refractivity contribution < 1.29 is 9.59 Å². The first-order valence-corrected chi connectivity index (χ1v) is 6.97. The van der Waals surface area contributed by atoms with Gasteiger partial charge in [0, 0.05) is 34.7 Å². The lowest BCUT2D eigenvalue weighted by atomic mass is 9.96. The van der Waals surface area contributed by atoms with Crippen LogP contribution in [0, 0.1) is 5.92 Å². The van der Waals surface area contributed by atoms with Crippen LogP contribution in [0.2, 0.25) is 0 Å². The molecule has 1 aliphatic rings. The lowest BCUT2D eigenvalue weighted by Crippen LogP contribution is -2.24. The molecule has 0 unspecified atom stereocenters. The Balaban J connectivity index is 2.67. The van der Waals surface area contributed by atoms with Gasteiger partial charge < -0.3 is 0 Å². The molecule has 1 aliphatic heterocycles. The van der Waals surface area contributed by atoms with E-state index in [0.29, 0.717) is 12.0 Å². The van der Waals surface area contributed by atoms with Crippen molar-refractivity contribution in [2.24, 2.45) is 5.92 Å². The monoisotopic (exact) mass is 333 g/mol. The van der Waals surface area contributed by atoms with E-state index in [2.05, 4.69) is 22.6 Å². The predicted molar refractivity (Wildman–Crippen MR) is 72.0 cm³/mol. The second-order valence-electron chi connectivity index (χ2n) is 3.70. The summed E-state index contributed by atoms with van der Waals surface area (Å²) in [5, 5.41) is 0. The van der Waals surface area contributed by atoms with Crippen LogP contribution in [-0.4, -0.2) is 21.5 Å². The quantitative estimate of drug-likeness (QED) is 0.441. The highest BCUT2D eigenvalue weighted by molar-refractivity contribution is 14.1. The predicted octanol–water partition coefficient (Wildman–Crippen LogP) is 2.67. The van der Waals surface area contributed by atoms with Crippen molar-refractivity contribution in [1.82, 2.24) is 4.90 Å². The lowest BCUT2D eigenvalue weighted by molar-refractivity contribution is -0.126. The van der Waals surface area contributed by atoms with Gasteiger partial charge in [0.1, 0.15) is 6.29 Å². The molecule has 3 nitrogen and oxygen atoms in total. The topological polar surface area (TPSA) is 37.4 Å². The van der Waals surface area contributed by atoms with Crippen LogP contribution in [0.15, 0.2) is 24.0 Å². The van der Waals surface area contributed by atoms with Gasteiger partial charge in [-0.2, -0.15) is 0 Å². The summed E-state index contributed by atoms with van der Waals surface area (Å²) in [7, 11) is 0. The van der Waals surface area contributed by atoms with Crippen LogP contribution in [0.1, 0.15) is 26.2 Å². The zero-order valence-corrected chi connectivity index (χ0v) is 11.5. The van der Waals surface area contributed by atoms with Gasteiger partial charge in [0.05, 0.1) is 0 Å². The summed E-state index contributed by atoms with van der Waals surface area (Å²) < 4.78 is 0.975. The summed E-state index contributed by atoms with van der Waals surface area (Å²) in [6, 6.07) is 0. The van der Waals surface area contributed by atoms with E-state index < -0.39 is 0 Å². The fourth-order valence-electron chi connectivity index (χ4n) is 1.60. The summed E-state index contributed by atoms with van der Waals surface area (Å²) >= 11 is 2.25. The molecule has 1 rings (SSSR count). The van der Waals surface area contributed by atoms with E-state index in [9.17, 15) is 9.59 Å². The third kappa shape index (κ3) is 3.43. The van der Waals surface area contributed by atoms with Crippen LogP contribution in [0.25, 0.3) is 0 Å². The van der Waals surface area contributed by atoms with E-state index in [4.69, 9.17) is 0 Å². The van der Waals surface area contributed by atoms with Crippen molar-refractivity contribution in [2.75, 3.05) is 4.43 Å². The molecule has 0 saturated carbocycles. The van der Waals surface area contributed by atoms with Crippen molar-refractivity contribution in [2.45, 2.75) is 26.2 Å². The Labute approximate surface area is 110 Å². The maximum atomic E-state index is 11.7. The molecule has 4 heteroatoms. The second-order valence-corrected chi connectivity index (χ2v) is 4.78. The molecule has 1 amide bonds. The number of nitrogens with zero attached hydrogens (tertiary/aromatic N) is 1. The summed E-state index contributed by atoms with van der Waals surface area (Å²) in [4.78, 5) is 24.1. The first kappa shape index (κ1) is 13.4. The number of rotatable bonds is 5. The van der Waals surface area contributed by atoms with Gasteiger partial charge in [-0.15, -0.1) is 0 Å². The normalized spacial score (nSPS) is 19.5. The lowest BCUT2D eigenvalue weighted by Gasteiger charge is -2.22. The Morgan fingerprint density at radius 2 is 2.38 bits per heavy atom. The van der Waals surface area contributed by atoms with E-state index in [1.807, 2.05) is 13.0 Å². The van der Waals surface area contributed by atoms with Gasteiger partial charge in [0.25, 0.3) is 0 Å². The Hall–Kier alpha value is -0.650. The standard InChI is InChI=1S/C12H16INO2/c1-2-10-5-7-14(8-11(10)9-15)12(16)4-3-6-13/h5,7-10H,2-4,6H2,1H3/t10-/m1/s1. The molecule has 1 heterocycles. The third-order valence-electron chi connectivity index (χ3n) is 2.58. The number of aldehydes is 1. The van der Waals surface area contributed by atoms with Crippen molar-refractivity contribution in [3.05, 3.63) is 24.0 Å². The maximum Gasteiger partial charge on any atom is 0.230 e. The first-order chi connectivity index (χ1) is 7.72. The Kier molecular flexibility index (Phi) is 5.73. The summed E-state index contributed by atoms with van der Waals surface area (Å²) in [6.07, 6.45) is 8.50. The number of alkyl halides is 1. The van der Waals surface area contributed by atoms with Crippen LogP contribution in [0.4, 0.5) is 0 Å². The van der Waals surface area contributed by atoms with Crippen molar-refractivity contribution in [1.29, 1.82) is 0 Å². The van der Waals surface area contributed by atoms with Crippen LogP contribution in [0.5, 0.6) is 0 Å². The van der Waals surface area contributed by atoms with Crippen LogP contribution in [-0.2, 0) is 9.59 Å². The smallest absolute Gasteiger partial charge is 0.230 e.